The largest absolute Gasteiger partial charge is 0.459 e. The van der Waals surface area contributed by atoms with Gasteiger partial charge in [-0.3, -0.25) is 4.90 Å². The van der Waals surface area contributed by atoms with Crippen LogP contribution in [0.3, 0.4) is 0 Å². The molecule has 3 aromatic rings. The molecule has 2 heterocycles. The number of anilines is 1. The average Bonchev–Trinajstić information content (AvgIpc) is 2.80. The predicted molar refractivity (Wildman–Crippen MR) is 129 cm³/mol. The van der Waals surface area contributed by atoms with E-state index in [9.17, 15) is 4.79 Å². The van der Waals surface area contributed by atoms with Gasteiger partial charge in [0.05, 0.1) is 6.10 Å². The number of esters is 1. The topological polar surface area (TPSA) is 45.7 Å². The Morgan fingerprint density at radius 1 is 0.969 bits per heavy atom. The molecule has 1 aliphatic rings. The summed E-state index contributed by atoms with van der Waals surface area (Å²) in [6.45, 7) is 8.17. The summed E-state index contributed by atoms with van der Waals surface area (Å²) in [6.07, 6.45) is 1.61. The van der Waals surface area contributed by atoms with E-state index in [0.29, 0.717) is 5.56 Å². The highest BCUT2D eigenvalue weighted by Gasteiger charge is 2.27. The van der Waals surface area contributed by atoms with E-state index in [1.165, 1.54) is 5.56 Å². The molecule has 0 unspecified atom stereocenters. The summed E-state index contributed by atoms with van der Waals surface area (Å²) >= 11 is 1.57. The van der Waals surface area contributed by atoms with Crippen LogP contribution in [0.25, 0.3) is 0 Å². The van der Waals surface area contributed by atoms with Gasteiger partial charge in [0.15, 0.2) is 0 Å². The molecule has 4 rings (SSSR count). The second-order valence-electron chi connectivity index (χ2n) is 8.13. The van der Waals surface area contributed by atoms with E-state index in [2.05, 4.69) is 39.0 Å². The standard InChI is InChI=1S/C26H29N3O2S/c1-20(2)31-26(30)24-23(32-22-11-7-4-8-12-22)13-14-27-25(24)29-17-15-28(16-18-29)19-21-9-5-3-6-10-21/h3-14,20H,15-19H2,1-2H3. The number of benzene rings is 2. The van der Waals surface area contributed by atoms with Crippen LogP contribution in [0.1, 0.15) is 29.8 Å². The van der Waals surface area contributed by atoms with Crippen molar-refractivity contribution in [3.05, 3.63) is 84.1 Å². The Morgan fingerprint density at radius 3 is 2.28 bits per heavy atom. The molecule has 0 amide bonds. The van der Waals surface area contributed by atoms with Gasteiger partial charge in [-0.05, 0) is 37.6 Å². The summed E-state index contributed by atoms with van der Waals surface area (Å²) in [4.78, 5) is 24.4. The Labute approximate surface area is 194 Å². The van der Waals surface area contributed by atoms with Crippen molar-refractivity contribution >= 4 is 23.5 Å². The van der Waals surface area contributed by atoms with Gasteiger partial charge in [0.2, 0.25) is 0 Å². The first-order valence-corrected chi connectivity index (χ1v) is 11.9. The van der Waals surface area contributed by atoms with Gasteiger partial charge in [0.25, 0.3) is 0 Å². The predicted octanol–water partition coefficient (Wildman–Crippen LogP) is 5.12. The number of carbonyl (C=O) groups excluding carboxylic acids is 1. The molecule has 6 heteroatoms. The fraction of sp³-hybridized carbons (Fsp3) is 0.308. The minimum atomic E-state index is -0.312. The van der Waals surface area contributed by atoms with E-state index < -0.39 is 0 Å². The molecule has 166 valence electrons. The maximum atomic E-state index is 13.1. The lowest BCUT2D eigenvalue weighted by molar-refractivity contribution is 0.0374. The fourth-order valence-electron chi connectivity index (χ4n) is 3.80. The molecule has 0 atom stereocenters. The summed E-state index contributed by atoms with van der Waals surface area (Å²) in [5.41, 5.74) is 1.88. The first-order chi connectivity index (χ1) is 15.6. The number of ether oxygens (including phenoxy) is 1. The molecule has 0 spiro atoms. The lowest BCUT2D eigenvalue weighted by Crippen LogP contribution is -2.46. The number of rotatable bonds is 7. The third-order valence-electron chi connectivity index (χ3n) is 5.33. The summed E-state index contributed by atoms with van der Waals surface area (Å²) in [7, 11) is 0. The molecule has 1 saturated heterocycles. The van der Waals surface area contributed by atoms with Crippen LogP contribution < -0.4 is 4.90 Å². The SMILES string of the molecule is CC(C)OC(=O)c1c(Sc2ccccc2)ccnc1N1CCN(Cc2ccccc2)CC1. The zero-order chi connectivity index (χ0) is 22.3. The van der Waals surface area contributed by atoms with Gasteiger partial charge in [-0.1, -0.05) is 60.3 Å². The lowest BCUT2D eigenvalue weighted by Gasteiger charge is -2.36. The van der Waals surface area contributed by atoms with Crippen molar-refractivity contribution in [1.82, 2.24) is 9.88 Å². The lowest BCUT2D eigenvalue weighted by atomic mass is 10.2. The zero-order valence-corrected chi connectivity index (χ0v) is 19.4. The van der Waals surface area contributed by atoms with E-state index in [1.807, 2.05) is 56.3 Å². The Kier molecular flexibility index (Phi) is 7.45. The van der Waals surface area contributed by atoms with Gasteiger partial charge in [-0.15, -0.1) is 0 Å². The van der Waals surface area contributed by atoms with Crippen LogP contribution in [-0.4, -0.2) is 48.1 Å². The van der Waals surface area contributed by atoms with Crippen molar-refractivity contribution in [3.63, 3.8) is 0 Å². The Morgan fingerprint density at radius 2 is 1.62 bits per heavy atom. The number of carbonyl (C=O) groups is 1. The van der Waals surface area contributed by atoms with Crippen molar-refractivity contribution < 1.29 is 9.53 Å². The number of aromatic nitrogens is 1. The Bertz CT molecular complexity index is 1020. The zero-order valence-electron chi connectivity index (χ0n) is 18.6. The van der Waals surface area contributed by atoms with Crippen molar-refractivity contribution in [2.45, 2.75) is 36.3 Å². The summed E-state index contributed by atoms with van der Waals surface area (Å²) in [5.74, 6) is 0.407. The monoisotopic (exact) mass is 447 g/mol. The molecule has 2 aromatic carbocycles. The molecular weight excluding hydrogens is 418 g/mol. The maximum absolute atomic E-state index is 13.1. The van der Waals surface area contributed by atoms with Crippen molar-refractivity contribution in [2.75, 3.05) is 31.1 Å². The molecule has 1 aliphatic heterocycles. The molecule has 0 aliphatic carbocycles. The van der Waals surface area contributed by atoms with Gasteiger partial charge < -0.3 is 9.64 Å². The van der Waals surface area contributed by atoms with Gasteiger partial charge in [0.1, 0.15) is 11.4 Å². The highest BCUT2D eigenvalue weighted by molar-refractivity contribution is 7.99. The van der Waals surface area contributed by atoms with Gasteiger partial charge in [0, 0.05) is 48.7 Å². The maximum Gasteiger partial charge on any atom is 0.343 e. The summed E-state index contributed by atoms with van der Waals surface area (Å²) < 4.78 is 5.62. The number of piperazine rings is 1. The number of pyridine rings is 1. The Hall–Kier alpha value is -2.83. The van der Waals surface area contributed by atoms with Crippen LogP contribution in [0.2, 0.25) is 0 Å². The van der Waals surface area contributed by atoms with Crippen LogP contribution in [0.15, 0.2) is 82.7 Å². The number of hydrogen-bond acceptors (Lipinski definition) is 6. The van der Waals surface area contributed by atoms with E-state index in [1.54, 1.807) is 18.0 Å². The molecule has 5 nitrogen and oxygen atoms in total. The Balaban J connectivity index is 1.55. The summed E-state index contributed by atoms with van der Waals surface area (Å²) in [5, 5.41) is 0. The second-order valence-corrected chi connectivity index (χ2v) is 9.24. The minimum Gasteiger partial charge on any atom is -0.459 e. The van der Waals surface area contributed by atoms with Crippen LogP contribution in [0, 0.1) is 0 Å². The quantitative estimate of drug-likeness (QED) is 0.469. The molecule has 1 aromatic heterocycles. The molecule has 0 radical (unpaired) electrons. The van der Waals surface area contributed by atoms with Crippen LogP contribution in [-0.2, 0) is 11.3 Å². The highest BCUT2D eigenvalue weighted by atomic mass is 32.2. The first kappa shape index (κ1) is 22.4. The van der Waals surface area contributed by atoms with E-state index in [4.69, 9.17) is 4.74 Å². The molecular formula is C26H29N3O2S. The number of nitrogens with zero attached hydrogens (tertiary/aromatic N) is 3. The second kappa shape index (κ2) is 10.7. The fourth-order valence-corrected chi connectivity index (χ4v) is 4.75. The van der Waals surface area contributed by atoms with Crippen molar-refractivity contribution in [2.24, 2.45) is 0 Å². The molecule has 32 heavy (non-hydrogen) atoms. The minimum absolute atomic E-state index is 0.187. The van der Waals surface area contributed by atoms with E-state index in [0.717, 1.165) is 48.3 Å². The van der Waals surface area contributed by atoms with Crippen LogP contribution in [0.5, 0.6) is 0 Å². The van der Waals surface area contributed by atoms with E-state index >= 15 is 0 Å². The van der Waals surface area contributed by atoms with Gasteiger partial charge in [-0.25, -0.2) is 9.78 Å². The summed E-state index contributed by atoms with van der Waals surface area (Å²) in [6, 6.07) is 22.5. The van der Waals surface area contributed by atoms with Gasteiger partial charge in [-0.2, -0.15) is 0 Å². The van der Waals surface area contributed by atoms with Crippen LogP contribution >= 0.6 is 11.8 Å². The first-order valence-electron chi connectivity index (χ1n) is 11.0. The molecule has 0 saturated carbocycles. The molecule has 1 fully saturated rings. The van der Waals surface area contributed by atoms with Crippen molar-refractivity contribution in [1.29, 1.82) is 0 Å². The van der Waals surface area contributed by atoms with E-state index in [-0.39, 0.29) is 12.1 Å². The number of hydrogen-bond donors (Lipinski definition) is 0. The highest BCUT2D eigenvalue weighted by Crippen LogP contribution is 2.35. The third kappa shape index (κ3) is 5.69. The van der Waals surface area contributed by atoms with Crippen LogP contribution in [0.4, 0.5) is 5.82 Å². The van der Waals surface area contributed by atoms with Gasteiger partial charge >= 0.3 is 5.97 Å². The smallest absolute Gasteiger partial charge is 0.343 e. The average molecular weight is 448 g/mol. The normalized spacial score (nSPS) is 14.5. The van der Waals surface area contributed by atoms with Crippen molar-refractivity contribution in [3.8, 4) is 0 Å². The molecule has 0 N–H and O–H groups in total. The molecule has 0 bridgehead atoms. The third-order valence-corrected chi connectivity index (χ3v) is 6.40.